The first-order valence-corrected chi connectivity index (χ1v) is 15.2. The Bertz CT molecular complexity index is 1620. The summed E-state index contributed by atoms with van der Waals surface area (Å²) in [6, 6.07) is 15.1. The standard InChI is InChI=1S/C28H35N6O7P/c1-18(2)40-26(35)19(3)33-42(37,41-22-11-6-5-7-12-22)17-21-10-8-9-20(15-21)16-34-25-23(30-28(34)36)24(29)31-27(32-25)39-14-13-38-4/h5-12,15,18-19H,13-14,16-17H2,1-4H3,(H,30,36)(H,33,37)(H2,29,31,32)/t19-,42?/m0/s1. The van der Waals surface area contributed by atoms with Crippen molar-refractivity contribution in [2.75, 3.05) is 26.1 Å². The smallest absolute Gasteiger partial charge is 0.328 e. The van der Waals surface area contributed by atoms with Gasteiger partial charge in [-0.1, -0.05) is 42.5 Å². The van der Waals surface area contributed by atoms with Crippen molar-refractivity contribution >= 4 is 30.5 Å². The maximum Gasteiger partial charge on any atom is 0.328 e. The Morgan fingerprint density at radius 2 is 1.81 bits per heavy atom. The number of H-pyrrole nitrogens is 1. The molecular weight excluding hydrogens is 563 g/mol. The third-order valence-electron chi connectivity index (χ3n) is 5.96. The molecule has 0 spiro atoms. The number of fused-ring (bicyclic) bond motifs is 1. The number of esters is 1. The van der Waals surface area contributed by atoms with Gasteiger partial charge in [0.15, 0.2) is 11.5 Å². The van der Waals surface area contributed by atoms with Gasteiger partial charge in [-0.05, 0) is 44.0 Å². The van der Waals surface area contributed by atoms with Crippen LogP contribution in [0.15, 0.2) is 59.4 Å². The minimum absolute atomic E-state index is 0.0220. The van der Waals surface area contributed by atoms with E-state index in [0.29, 0.717) is 23.4 Å². The number of benzene rings is 2. The van der Waals surface area contributed by atoms with Crippen molar-refractivity contribution in [2.24, 2.45) is 0 Å². The SMILES string of the molecule is COCCOc1nc(N)c2[nH]c(=O)n(Cc3cccc(CP(=O)(N[C@@H](C)C(=O)OC(C)C)Oc4ccccc4)c3)c2n1. The highest BCUT2D eigenvalue weighted by Crippen LogP contribution is 2.47. The molecule has 0 bridgehead atoms. The van der Waals surface area contributed by atoms with Crippen LogP contribution in [0.2, 0.25) is 0 Å². The number of nitrogen functional groups attached to an aromatic ring is 1. The van der Waals surface area contributed by atoms with Gasteiger partial charge in [0.1, 0.15) is 23.9 Å². The fourth-order valence-electron chi connectivity index (χ4n) is 4.15. The van der Waals surface area contributed by atoms with Gasteiger partial charge in [0.2, 0.25) is 0 Å². The van der Waals surface area contributed by atoms with E-state index in [1.54, 1.807) is 64.3 Å². The minimum Gasteiger partial charge on any atom is -0.462 e. The summed E-state index contributed by atoms with van der Waals surface area (Å²) < 4.78 is 37.3. The summed E-state index contributed by atoms with van der Waals surface area (Å²) >= 11 is 0. The molecule has 4 N–H and O–H groups in total. The third kappa shape index (κ3) is 7.96. The molecule has 224 valence electrons. The van der Waals surface area contributed by atoms with Crippen molar-refractivity contribution in [3.8, 4) is 11.8 Å². The number of nitrogens with one attached hydrogen (secondary N) is 2. The van der Waals surface area contributed by atoms with Crippen molar-refractivity contribution in [3.05, 3.63) is 76.2 Å². The molecule has 2 atom stereocenters. The number of carbonyl (C=O) groups is 1. The molecule has 2 aromatic heterocycles. The topological polar surface area (TPSA) is 173 Å². The lowest BCUT2D eigenvalue weighted by atomic mass is 10.1. The highest BCUT2D eigenvalue weighted by molar-refractivity contribution is 7.56. The minimum atomic E-state index is -3.67. The normalized spacial score (nSPS) is 13.5. The summed E-state index contributed by atoms with van der Waals surface area (Å²) in [6.07, 6.45) is -0.362. The van der Waals surface area contributed by atoms with Crippen LogP contribution in [0.5, 0.6) is 11.8 Å². The molecule has 0 aliphatic heterocycles. The van der Waals surface area contributed by atoms with E-state index in [1.807, 2.05) is 18.2 Å². The average molecular weight is 599 g/mol. The zero-order valence-corrected chi connectivity index (χ0v) is 24.8. The number of nitrogens with zero attached hydrogens (tertiary/aromatic N) is 3. The van der Waals surface area contributed by atoms with Gasteiger partial charge in [0.05, 0.1) is 25.4 Å². The van der Waals surface area contributed by atoms with E-state index in [-0.39, 0.29) is 42.9 Å². The van der Waals surface area contributed by atoms with Crippen LogP contribution in [0.4, 0.5) is 5.82 Å². The molecule has 0 saturated carbocycles. The van der Waals surface area contributed by atoms with Gasteiger partial charge >= 0.3 is 25.2 Å². The van der Waals surface area contributed by atoms with Crippen molar-refractivity contribution < 1.29 is 28.1 Å². The van der Waals surface area contributed by atoms with E-state index < -0.39 is 25.2 Å². The predicted molar refractivity (Wildman–Crippen MR) is 158 cm³/mol. The first-order chi connectivity index (χ1) is 20.1. The molecule has 0 fully saturated rings. The largest absolute Gasteiger partial charge is 0.462 e. The summed E-state index contributed by atoms with van der Waals surface area (Å²) in [5.74, 6) is -0.0755. The second-order valence-corrected chi connectivity index (χ2v) is 11.9. The Kier molecular flexibility index (Phi) is 10.00. The van der Waals surface area contributed by atoms with Crippen molar-refractivity contribution in [1.29, 1.82) is 0 Å². The Balaban J connectivity index is 1.60. The fraction of sp³-hybridized carbons (Fsp3) is 0.357. The molecule has 14 heteroatoms. The third-order valence-corrected chi connectivity index (χ3v) is 8.03. The van der Waals surface area contributed by atoms with Crippen LogP contribution in [0.3, 0.4) is 0 Å². The lowest BCUT2D eigenvalue weighted by Crippen LogP contribution is -2.36. The lowest BCUT2D eigenvalue weighted by molar-refractivity contribution is -0.149. The number of para-hydroxylation sites is 1. The molecule has 0 radical (unpaired) electrons. The molecule has 42 heavy (non-hydrogen) atoms. The van der Waals surface area contributed by atoms with E-state index in [2.05, 4.69) is 20.0 Å². The van der Waals surface area contributed by atoms with E-state index in [0.717, 1.165) is 5.56 Å². The maximum absolute atomic E-state index is 14.1. The molecule has 2 aromatic carbocycles. The monoisotopic (exact) mass is 598 g/mol. The Morgan fingerprint density at radius 1 is 1.07 bits per heavy atom. The molecule has 0 aliphatic rings. The van der Waals surface area contributed by atoms with Gasteiger partial charge in [0, 0.05) is 7.11 Å². The molecule has 4 rings (SSSR count). The number of carbonyl (C=O) groups excluding carboxylic acids is 1. The molecular formula is C28H35N6O7P. The molecule has 4 aromatic rings. The number of anilines is 1. The van der Waals surface area contributed by atoms with Gasteiger partial charge in [-0.2, -0.15) is 9.97 Å². The van der Waals surface area contributed by atoms with Crippen LogP contribution in [-0.2, 0) is 31.5 Å². The van der Waals surface area contributed by atoms with Crippen molar-refractivity contribution in [3.63, 3.8) is 0 Å². The second-order valence-electron chi connectivity index (χ2n) is 9.84. The van der Waals surface area contributed by atoms with Gasteiger partial charge in [-0.3, -0.25) is 13.9 Å². The second kappa shape index (κ2) is 13.6. The number of ether oxygens (including phenoxy) is 3. The Hall–Kier alpha value is -4.19. The van der Waals surface area contributed by atoms with Gasteiger partial charge < -0.3 is 29.5 Å². The zero-order valence-electron chi connectivity index (χ0n) is 23.9. The van der Waals surface area contributed by atoms with Crippen LogP contribution < -0.4 is 25.8 Å². The first kappa shape index (κ1) is 30.8. The molecule has 1 unspecified atom stereocenters. The fourth-order valence-corrected chi connectivity index (χ4v) is 6.19. The quantitative estimate of drug-likeness (QED) is 0.110. The summed E-state index contributed by atoms with van der Waals surface area (Å²) in [7, 11) is -2.13. The predicted octanol–water partition coefficient (Wildman–Crippen LogP) is 3.48. The molecule has 13 nitrogen and oxygen atoms in total. The molecule has 0 saturated heterocycles. The van der Waals surface area contributed by atoms with Crippen LogP contribution in [-0.4, -0.2) is 58.0 Å². The van der Waals surface area contributed by atoms with E-state index in [1.165, 1.54) is 4.57 Å². The highest BCUT2D eigenvalue weighted by Gasteiger charge is 2.31. The number of rotatable bonds is 14. The van der Waals surface area contributed by atoms with Gasteiger partial charge in [-0.25, -0.2) is 9.88 Å². The number of nitrogens with two attached hydrogens (primary N) is 1. The number of aromatic amines is 1. The van der Waals surface area contributed by atoms with Crippen LogP contribution >= 0.6 is 7.52 Å². The number of aromatic nitrogens is 4. The van der Waals surface area contributed by atoms with Crippen LogP contribution in [0.1, 0.15) is 31.9 Å². The summed E-state index contributed by atoms with van der Waals surface area (Å²) in [5, 5.41) is 2.87. The first-order valence-electron chi connectivity index (χ1n) is 13.3. The van der Waals surface area contributed by atoms with Crippen LogP contribution in [0, 0.1) is 0 Å². The lowest BCUT2D eigenvalue weighted by Gasteiger charge is -2.24. The Morgan fingerprint density at radius 3 is 2.52 bits per heavy atom. The van der Waals surface area contributed by atoms with E-state index in [9.17, 15) is 14.2 Å². The summed E-state index contributed by atoms with van der Waals surface area (Å²) in [5.41, 5.74) is 7.59. The molecule has 0 aliphatic carbocycles. The summed E-state index contributed by atoms with van der Waals surface area (Å²) in [4.78, 5) is 36.5. The van der Waals surface area contributed by atoms with Crippen LogP contribution in [0.25, 0.3) is 11.2 Å². The van der Waals surface area contributed by atoms with Gasteiger partial charge in [-0.15, -0.1) is 0 Å². The molecule has 0 amide bonds. The van der Waals surface area contributed by atoms with E-state index >= 15 is 0 Å². The van der Waals surface area contributed by atoms with Crippen molar-refractivity contribution in [1.82, 2.24) is 24.6 Å². The number of imidazole rings is 1. The molecule has 2 heterocycles. The highest BCUT2D eigenvalue weighted by atomic mass is 31.2. The van der Waals surface area contributed by atoms with E-state index in [4.69, 9.17) is 24.5 Å². The Labute approximate surface area is 242 Å². The van der Waals surface area contributed by atoms with Crippen molar-refractivity contribution in [2.45, 2.75) is 45.6 Å². The zero-order chi connectivity index (χ0) is 30.3. The summed E-state index contributed by atoms with van der Waals surface area (Å²) in [6.45, 7) is 5.74. The maximum atomic E-state index is 14.1. The number of methoxy groups -OCH3 is 1. The average Bonchev–Trinajstić information content (AvgIpc) is 3.24. The van der Waals surface area contributed by atoms with Gasteiger partial charge in [0.25, 0.3) is 0 Å². The number of hydrogen-bond donors (Lipinski definition) is 3. The number of hydrogen-bond acceptors (Lipinski definition) is 10.